The largest absolute Gasteiger partial charge is 0.344 e. The topological polar surface area (TPSA) is 36.8 Å². The molecule has 0 bridgehead atoms. The third-order valence-corrected chi connectivity index (χ3v) is 9.85. The molecule has 3 nitrogen and oxygen atoms in total. The molecule has 0 amide bonds. The number of hydrogen-bond donors (Lipinski definition) is 1. The quantitative estimate of drug-likeness (QED) is 0.196. The Hall–Kier alpha value is -6.32. The number of aliphatic imine (C=N–C) groups is 2. The highest BCUT2D eigenvalue weighted by Crippen LogP contribution is 2.57. The number of rotatable bonds is 6. The van der Waals surface area contributed by atoms with Crippen LogP contribution in [0.25, 0.3) is 22.3 Å². The van der Waals surface area contributed by atoms with Gasteiger partial charge in [0, 0.05) is 11.1 Å². The van der Waals surface area contributed by atoms with Crippen molar-refractivity contribution in [2.45, 2.75) is 11.6 Å². The normalized spacial score (nSPS) is 15.7. The first-order valence-electron chi connectivity index (χ1n) is 16.8. The van der Waals surface area contributed by atoms with Crippen molar-refractivity contribution >= 4 is 11.7 Å². The Morgan fingerprint density at radius 1 is 0.429 bits per heavy atom. The Labute approximate surface area is 287 Å². The Balaban J connectivity index is 1.25. The van der Waals surface area contributed by atoms with Gasteiger partial charge in [0.05, 0.1) is 5.41 Å². The molecule has 2 aliphatic rings. The van der Waals surface area contributed by atoms with E-state index in [0.29, 0.717) is 5.84 Å². The smallest absolute Gasteiger partial charge is 0.159 e. The first-order valence-corrected chi connectivity index (χ1v) is 16.8. The van der Waals surface area contributed by atoms with Gasteiger partial charge in [-0.15, -0.1) is 0 Å². The van der Waals surface area contributed by atoms with E-state index in [1.807, 2.05) is 12.1 Å². The van der Waals surface area contributed by atoms with Crippen molar-refractivity contribution in [3.8, 4) is 22.3 Å². The van der Waals surface area contributed by atoms with E-state index in [0.717, 1.165) is 22.5 Å². The van der Waals surface area contributed by atoms with E-state index in [1.54, 1.807) is 0 Å². The Bertz CT molecular complexity index is 2290. The first-order chi connectivity index (χ1) is 24.3. The summed E-state index contributed by atoms with van der Waals surface area (Å²) in [5.41, 5.74) is 12.4. The summed E-state index contributed by atoms with van der Waals surface area (Å²) >= 11 is 0. The highest BCUT2D eigenvalue weighted by atomic mass is 15.2. The predicted octanol–water partition coefficient (Wildman–Crippen LogP) is 10.2. The number of nitrogens with zero attached hydrogens (tertiary/aromatic N) is 2. The fraction of sp³-hybridized carbons (Fsp3) is 0.0435. The molecule has 0 saturated heterocycles. The molecule has 0 radical (unpaired) electrons. The van der Waals surface area contributed by atoms with Crippen LogP contribution in [-0.4, -0.2) is 11.7 Å². The average molecular weight is 628 g/mol. The molecule has 0 aromatic heterocycles. The summed E-state index contributed by atoms with van der Waals surface area (Å²) in [6.07, 6.45) is -0.294. The minimum atomic E-state index is -0.483. The third kappa shape index (κ3) is 4.82. The van der Waals surface area contributed by atoms with Gasteiger partial charge in [0.25, 0.3) is 0 Å². The van der Waals surface area contributed by atoms with Crippen molar-refractivity contribution in [2.24, 2.45) is 9.98 Å². The fourth-order valence-corrected chi connectivity index (χ4v) is 7.65. The molecular formula is C46H33N3. The van der Waals surface area contributed by atoms with Gasteiger partial charge >= 0.3 is 0 Å². The lowest BCUT2D eigenvalue weighted by atomic mass is 9.67. The molecule has 1 aliphatic heterocycles. The minimum Gasteiger partial charge on any atom is -0.344 e. The zero-order chi connectivity index (χ0) is 32.6. The molecule has 9 rings (SSSR count). The van der Waals surface area contributed by atoms with Gasteiger partial charge in [-0.25, -0.2) is 9.98 Å². The summed E-state index contributed by atoms with van der Waals surface area (Å²) in [5, 5.41) is 3.75. The molecular weight excluding hydrogens is 595 g/mol. The maximum atomic E-state index is 5.30. The Morgan fingerprint density at radius 3 is 1.61 bits per heavy atom. The minimum absolute atomic E-state index is 0.294. The molecule has 49 heavy (non-hydrogen) atoms. The van der Waals surface area contributed by atoms with Gasteiger partial charge in [0.15, 0.2) is 5.84 Å². The van der Waals surface area contributed by atoms with Gasteiger partial charge in [0.1, 0.15) is 12.0 Å². The second-order valence-corrected chi connectivity index (χ2v) is 12.6. The number of amidine groups is 2. The predicted molar refractivity (Wildman–Crippen MR) is 201 cm³/mol. The molecule has 3 heteroatoms. The molecule has 0 saturated carbocycles. The summed E-state index contributed by atoms with van der Waals surface area (Å²) in [5.74, 6) is 1.53. The van der Waals surface area contributed by atoms with Crippen molar-refractivity contribution < 1.29 is 0 Å². The van der Waals surface area contributed by atoms with Crippen molar-refractivity contribution in [3.05, 3.63) is 227 Å². The SMILES string of the molecule is c1ccc(-c2ccc(C3=NC(c4ccccc4)NC(c4cccc5c4-c4ccccc4C5(c4ccccc4)c4ccccc4)=N3)cc2)cc1. The van der Waals surface area contributed by atoms with Crippen molar-refractivity contribution in [1.29, 1.82) is 0 Å². The Morgan fingerprint density at radius 2 is 0.939 bits per heavy atom. The van der Waals surface area contributed by atoms with E-state index in [9.17, 15) is 0 Å². The van der Waals surface area contributed by atoms with Crippen LogP contribution in [0.3, 0.4) is 0 Å². The summed E-state index contributed by atoms with van der Waals surface area (Å²) in [6.45, 7) is 0. The van der Waals surface area contributed by atoms with Crippen molar-refractivity contribution in [3.63, 3.8) is 0 Å². The summed E-state index contributed by atoms with van der Waals surface area (Å²) in [4.78, 5) is 10.5. The van der Waals surface area contributed by atoms with Crippen LogP contribution in [-0.2, 0) is 5.41 Å². The molecule has 1 N–H and O–H groups in total. The van der Waals surface area contributed by atoms with E-state index < -0.39 is 5.41 Å². The molecule has 0 fully saturated rings. The van der Waals surface area contributed by atoms with Crippen LogP contribution < -0.4 is 5.32 Å². The average Bonchev–Trinajstić information content (AvgIpc) is 3.50. The molecule has 1 heterocycles. The monoisotopic (exact) mass is 627 g/mol. The zero-order valence-electron chi connectivity index (χ0n) is 26.9. The van der Waals surface area contributed by atoms with Gasteiger partial charge in [-0.3, -0.25) is 0 Å². The van der Waals surface area contributed by atoms with Crippen LogP contribution in [0.4, 0.5) is 0 Å². The molecule has 1 unspecified atom stereocenters. The number of benzene rings is 7. The second-order valence-electron chi connectivity index (χ2n) is 12.6. The van der Waals surface area contributed by atoms with Crippen molar-refractivity contribution in [1.82, 2.24) is 5.32 Å². The lowest BCUT2D eigenvalue weighted by molar-refractivity contribution is 0.674. The van der Waals surface area contributed by atoms with Crippen LogP contribution >= 0.6 is 0 Å². The van der Waals surface area contributed by atoms with Crippen LogP contribution in [0.2, 0.25) is 0 Å². The van der Waals surface area contributed by atoms with Crippen LogP contribution in [0, 0.1) is 0 Å². The Kier molecular flexibility index (Phi) is 7.09. The first kappa shape index (κ1) is 28.9. The lowest BCUT2D eigenvalue weighted by Crippen LogP contribution is -2.34. The van der Waals surface area contributed by atoms with Gasteiger partial charge in [0.2, 0.25) is 0 Å². The highest BCUT2D eigenvalue weighted by Gasteiger charge is 2.47. The molecule has 232 valence electrons. The molecule has 0 spiro atoms. The summed E-state index contributed by atoms with van der Waals surface area (Å²) < 4.78 is 0. The molecule has 7 aromatic carbocycles. The molecule has 1 aliphatic carbocycles. The van der Waals surface area contributed by atoms with Crippen molar-refractivity contribution in [2.75, 3.05) is 0 Å². The van der Waals surface area contributed by atoms with Crippen LogP contribution in [0.5, 0.6) is 0 Å². The summed E-state index contributed by atoms with van der Waals surface area (Å²) in [6, 6.07) is 66.9. The van der Waals surface area contributed by atoms with Crippen LogP contribution in [0.15, 0.2) is 198 Å². The number of hydrogen-bond acceptors (Lipinski definition) is 3. The number of nitrogens with one attached hydrogen (secondary N) is 1. The molecule has 1 atom stereocenters. The van der Waals surface area contributed by atoms with Gasteiger partial charge < -0.3 is 5.32 Å². The third-order valence-electron chi connectivity index (χ3n) is 9.85. The zero-order valence-corrected chi connectivity index (χ0v) is 26.9. The van der Waals surface area contributed by atoms with E-state index >= 15 is 0 Å². The highest BCUT2D eigenvalue weighted by molar-refractivity contribution is 6.16. The van der Waals surface area contributed by atoms with E-state index in [1.165, 1.54) is 44.5 Å². The van der Waals surface area contributed by atoms with E-state index in [4.69, 9.17) is 9.98 Å². The number of fused-ring (bicyclic) bond motifs is 3. The lowest BCUT2D eigenvalue weighted by Gasteiger charge is -2.34. The van der Waals surface area contributed by atoms with Gasteiger partial charge in [-0.2, -0.15) is 0 Å². The van der Waals surface area contributed by atoms with E-state index in [2.05, 4.69) is 181 Å². The van der Waals surface area contributed by atoms with E-state index in [-0.39, 0.29) is 6.17 Å². The summed E-state index contributed by atoms with van der Waals surface area (Å²) in [7, 11) is 0. The maximum absolute atomic E-state index is 5.30. The van der Waals surface area contributed by atoms with Gasteiger partial charge in [-0.05, 0) is 50.1 Å². The maximum Gasteiger partial charge on any atom is 0.159 e. The molecule has 7 aromatic rings. The van der Waals surface area contributed by atoms with Gasteiger partial charge in [-0.1, -0.05) is 188 Å². The fourth-order valence-electron chi connectivity index (χ4n) is 7.65. The van der Waals surface area contributed by atoms with Crippen LogP contribution in [0.1, 0.15) is 45.1 Å². The standard InChI is InChI=1S/C46H33N3/c1-5-16-32(17-6-1)33-28-30-35(31-29-33)44-47-43(34-18-7-2-8-19-34)48-45(49-44)39-25-15-27-41-42(39)38-24-13-14-26-40(38)46(41,36-20-9-3-10-21-36)37-22-11-4-12-23-37/h1-31,43H,(H,47,48,49). The second kappa shape index (κ2) is 12.0.